The van der Waals surface area contributed by atoms with Crippen molar-refractivity contribution < 1.29 is 73.3 Å². The maximum atomic E-state index is 13.3. The minimum atomic E-state index is -5.08. The lowest BCUT2D eigenvalue weighted by molar-refractivity contribution is -0.193. The highest BCUT2D eigenvalue weighted by atomic mass is 19.4. The van der Waals surface area contributed by atoms with Crippen LogP contribution in [0.5, 0.6) is 0 Å². The molecule has 4 N–H and O–H groups in total. The van der Waals surface area contributed by atoms with E-state index in [1.54, 1.807) is 12.4 Å². The Morgan fingerprint density at radius 1 is 0.938 bits per heavy atom. The molecule has 2 saturated heterocycles. The number of carboxylic acids is 2. The Balaban J connectivity index is 0.000000479. The molecule has 266 valence electrons. The quantitative estimate of drug-likeness (QED) is 0.330. The number of pyridine rings is 1. The molecule has 1 aromatic carbocycles. The predicted molar refractivity (Wildman–Crippen MR) is 142 cm³/mol. The Morgan fingerprint density at radius 2 is 1.50 bits per heavy atom. The first-order valence-electron chi connectivity index (χ1n) is 13.5. The summed E-state index contributed by atoms with van der Waals surface area (Å²) in [6.45, 7) is 2.83. The molecule has 0 bridgehead atoms. The number of nitrogens with zero attached hydrogens (tertiary/aromatic N) is 3. The molecule has 1 aromatic heterocycles. The van der Waals surface area contributed by atoms with Gasteiger partial charge in [0.2, 0.25) is 5.91 Å². The van der Waals surface area contributed by atoms with Crippen LogP contribution >= 0.6 is 0 Å². The van der Waals surface area contributed by atoms with E-state index in [1.165, 1.54) is 0 Å². The molecule has 21 heteroatoms. The third kappa shape index (κ3) is 11.3. The summed E-state index contributed by atoms with van der Waals surface area (Å²) in [5.74, 6) is -7.47. The van der Waals surface area contributed by atoms with E-state index in [2.05, 4.69) is 25.4 Å². The van der Waals surface area contributed by atoms with Gasteiger partial charge in [-0.2, -0.15) is 39.5 Å². The Morgan fingerprint density at radius 3 is 1.98 bits per heavy atom. The molecule has 0 radical (unpaired) electrons. The molecule has 4 rings (SSSR count). The smallest absolute Gasteiger partial charge is 0.475 e. The van der Waals surface area contributed by atoms with Gasteiger partial charge in [-0.3, -0.25) is 19.5 Å². The van der Waals surface area contributed by atoms with Crippen LogP contribution in [-0.4, -0.2) is 99.5 Å². The first-order chi connectivity index (χ1) is 22.1. The van der Waals surface area contributed by atoms with E-state index < -0.39 is 58.9 Å². The van der Waals surface area contributed by atoms with Gasteiger partial charge < -0.3 is 25.7 Å². The number of aliphatic carboxylic acids is 2. The maximum absolute atomic E-state index is 13.3. The summed E-state index contributed by atoms with van der Waals surface area (Å²) in [4.78, 5) is 51.1. The molecule has 0 unspecified atom stereocenters. The predicted octanol–water partition coefficient (Wildman–Crippen LogP) is 3.66. The number of nitrogens with one attached hydrogen (secondary N) is 2. The van der Waals surface area contributed by atoms with Crippen molar-refractivity contribution in [2.75, 3.05) is 32.8 Å². The van der Waals surface area contributed by atoms with E-state index in [1.807, 2.05) is 12.1 Å². The number of benzene rings is 1. The number of carbonyl (C=O) groups is 4. The monoisotopic (exact) mass is 707 g/mol. The molecular weight excluding hydrogens is 680 g/mol. The molecule has 2 aliphatic rings. The Bertz CT molecular complexity index is 1410. The summed E-state index contributed by atoms with van der Waals surface area (Å²) in [6.07, 6.45) is -10.3. The van der Waals surface area contributed by atoms with Gasteiger partial charge in [0, 0.05) is 45.1 Å². The number of amides is 2. The number of carboxylic acid groups (broad SMARTS) is 2. The largest absolute Gasteiger partial charge is 0.490 e. The van der Waals surface area contributed by atoms with Crippen LogP contribution in [0.1, 0.15) is 34.3 Å². The number of alkyl halides is 9. The van der Waals surface area contributed by atoms with Gasteiger partial charge in [0.1, 0.15) is 11.4 Å². The fourth-order valence-corrected chi connectivity index (χ4v) is 4.61. The maximum Gasteiger partial charge on any atom is 0.490 e. The highest BCUT2D eigenvalue weighted by molar-refractivity contribution is 5.95. The second-order valence-electron chi connectivity index (χ2n) is 10.1. The average molecular weight is 708 g/mol. The summed E-state index contributed by atoms with van der Waals surface area (Å²) < 4.78 is 116. The zero-order valence-corrected chi connectivity index (χ0v) is 24.3. The van der Waals surface area contributed by atoms with Crippen LogP contribution in [0.15, 0.2) is 42.7 Å². The second-order valence-corrected chi connectivity index (χ2v) is 10.1. The van der Waals surface area contributed by atoms with E-state index in [-0.39, 0.29) is 12.5 Å². The number of hydrogen-bond acceptors (Lipinski definition) is 7. The Hall–Kier alpha value is -4.53. The summed E-state index contributed by atoms with van der Waals surface area (Å²) in [6, 6.07) is 5.81. The molecule has 1 spiro atoms. The lowest BCUT2D eigenvalue weighted by Crippen LogP contribution is -2.56. The van der Waals surface area contributed by atoms with E-state index >= 15 is 0 Å². The standard InChI is InChI=1S/C23H25F4N5O2.2C2HF3O2/c24-17-3-4-18(19(12-17)23(25,26)27)20(33)29-8-11-31-9-5-22(6-10-31)21(34)30-15-32(22)14-16-2-1-7-28-13-16;2*3-2(4,5)1(6)7/h1-4,7,12-13H,5-6,8-11,14-15H2,(H,29,33)(H,30,34);2*(H,6,7). The second kappa shape index (κ2) is 16.0. The van der Waals surface area contributed by atoms with Crippen LogP contribution in [0, 0.1) is 5.82 Å². The molecule has 3 heterocycles. The van der Waals surface area contributed by atoms with E-state index in [9.17, 15) is 53.5 Å². The normalized spacial score (nSPS) is 16.6. The molecular formula is C27H27F10N5O6. The van der Waals surface area contributed by atoms with Gasteiger partial charge in [0.05, 0.1) is 17.8 Å². The Kier molecular flexibility index (Phi) is 13.3. The van der Waals surface area contributed by atoms with Gasteiger partial charge in [0.25, 0.3) is 5.91 Å². The molecule has 2 aromatic rings. The van der Waals surface area contributed by atoms with Crippen LogP contribution in [0.4, 0.5) is 43.9 Å². The number of halogens is 10. The summed E-state index contributed by atoms with van der Waals surface area (Å²) in [5, 5.41) is 19.7. The number of rotatable bonds is 6. The van der Waals surface area contributed by atoms with Gasteiger partial charge in [0.15, 0.2) is 0 Å². The van der Waals surface area contributed by atoms with Gasteiger partial charge in [-0.15, -0.1) is 0 Å². The third-order valence-corrected chi connectivity index (χ3v) is 6.97. The van der Waals surface area contributed by atoms with Crippen molar-refractivity contribution >= 4 is 23.8 Å². The van der Waals surface area contributed by atoms with Crippen molar-refractivity contribution in [1.29, 1.82) is 0 Å². The average Bonchev–Trinajstić information content (AvgIpc) is 3.27. The molecule has 0 aliphatic carbocycles. The molecule has 2 fully saturated rings. The third-order valence-electron chi connectivity index (χ3n) is 6.97. The first-order valence-corrected chi connectivity index (χ1v) is 13.5. The number of piperidine rings is 1. The van der Waals surface area contributed by atoms with Crippen molar-refractivity contribution in [2.45, 2.75) is 43.5 Å². The number of aromatic nitrogens is 1. The van der Waals surface area contributed by atoms with Gasteiger partial charge in [-0.1, -0.05) is 6.07 Å². The van der Waals surface area contributed by atoms with Crippen molar-refractivity contribution in [2.24, 2.45) is 0 Å². The molecule has 0 saturated carbocycles. The van der Waals surface area contributed by atoms with E-state index in [0.717, 1.165) is 17.7 Å². The van der Waals surface area contributed by atoms with Gasteiger partial charge in [-0.05, 0) is 42.7 Å². The van der Waals surface area contributed by atoms with Crippen molar-refractivity contribution in [1.82, 2.24) is 25.4 Å². The summed E-state index contributed by atoms with van der Waals surface area (Å²) in [7, 11) is 0. The zero-order valence-electron chi connectivity index (χ0n) is 24.3. The zero-order chi connectivity index (χ0) is 36.5. The minimum Gasteiger partial charge on any atom is -0.475 e. The van der Waals surface area contributed by atoms with Gasteiger partial charge >= 0.3 is 30.5 Å². The topological polar surface area (TPSA) is 152 Å². The summed E-state index contributed by atoms with van der Waals surface area (Å²) >= 11 is 0. The molecule has 2 aliphatic heterocycles. The number of hydrogen-bond donors (Lipinski definition) is 4. The van der Waals surface area contributed by atoms with Crippen LogP contribution in [0.2, 0.25) is 0 Å². The number of carbonyl (C=O) groups excluding carboxylic acids is 2. The highest BCUT2D eigenvalue weighted by Crippen LogP contribution is 2.34. The van der Waals surface area contributed by atoms with Crippen molar-refractivity contribution in [3.8, 4) is 0 Å². The van der Waals surface area contributed by atoms with E-state index in [4.69, 9.17) is 19.8 Å². The number of likely N-dealkylation sites (tertiary alicyclic amines) is 1. The van der Waals surface area contributed by atoms with E-state index in [0.29, 0.717) is 51.8 Å². The van der Waals surface area contributed by atoms with Crippen LogP contribution in [-0.2, 0) is 27.1 Å². The fraction of sp³-hybridized carbons (Fsp3) is 0.444. The van der Waals surface area contributed by atoms with Crippen molar-refractivity contribution in [3.05, 3.63) is 65.2 Å². The van der Waals surface area contributed by atoms with Crippen LogP contribution in [0.3, 0.4) is 0 Å². The van der Waals surface area contributed by atoms with Gasteiger partial charge in [-0.25, -0.2) is 14.0 Å². The fourth-order valence-electron chi connectivity index (χ4n) is 4.61. The molecule has 0 atom stereocenters. The summed E-state index contributed by atoms with van der Waals surface area (Å²) in [5.41, 5.74) is -1.50. The molecule has 48 heavy (non-hydrogen) atoms. The minimum absolute atomic E-state index is 0.000308. The molecule has 11 nitrogen and oxygen atoms in total. The SMILES string of the molecule is O=C(NCCN1CCC2(CC1)C(=O)NCN2Cc1cccnc1)c1ccc(F)cc1C(F)(F)F.O=C(O)C(F)(F)F.O=C(O)C(F)(F)F. The lowest BCUT2D eigenvalue weighted by Gasteiger charge is -2.42. The highest BCUT2D eigenvalue weighted by Gasteiger charge is 2.50. The van der Waals surface area contributed by atoms with Crippen LogP contribution < -0.4 is 10.6 Å². The van der Waals surface area contributed by atoms with Crippen LogP contribution in [0.25, 0.3) is 0 Å². The Labute approximate surface area is 264 Å². The van der Waals surface area contributed by atoms with Crippen molar-refractivity contribution in [3.63, 3.8) is 0 Å². The molecule has 2 amide bonds. The first kappa shape index (κ1) is 39.6. The lowest BCUT2D eigenvalue weighted by atomic mass is 9.86.